The first-order valence-electron chi connectivity index (χ1n) is 9.20. The molecule has 0 aliphatic carbocycles. The molecule has 25 heavy (non-hydrogen) atoms. The summed E-state index contributed by atoms with van der Waals surface area (Å²) in [4.78, 5) is 16.7. The monoisotopic (exact) mass is 404 g/mol. The van der Waals surface area contributed by atoms with Crippen LogP contribution in [0, 0.1) is 0 Å². The van der Waals surface area contributed by atoms with E-state index >= 15 is 0 Å². The molecular formula is C19H27Cl3N2O. The van der Waals surface area contributed by atoms with Gasteiger partial charge in [0, 0.05) is 6.54 Å². The lowest BCUT2D eigenvalue weighted by molar-refractivity contribution is -0.906. The summed E-state index contributed by atoms with van der Waals surface area (Å²) in [5.41, 5.74) is 0.948. The Balaban J connectivity index is 0.00000225. The minimum absolute atomic E-state index is 0. The van der Waals surface area contributed by atoms with Crippen LogP contribution in [0.3, 0.4) is 0 Å². The smallest absolute Gasteiger partial charge is 0.227 e. The molecule has 3 nitrogen and oxygen atoms in total. The average Bonchev–Trinajstić information content (AvgIpc) is 2.59. The number of quaternary nitrogens is 1. The Kier molecular flexibility index (Phi) is 8.34. The van der Waals surface area contributed by atoms with Gasteiger partial charge in [0.05, 0.1) is 42.1 Å². The second-order valence-corrected chi connectivity index (χ2v) is 7.99. The molecule has 3 rings (SSSR count). The quantitative estimate of drug-likeness (QED) is 0.749. The van der Waals surface area contributed by atoms with Crippen LogP contribution >= 0.6 is 23.2 Å². The number of hydrogen-bond acceptors (Lipinski definition) is 1. The Morgan fingerprint density at radius 3 is 2.56 bits per heavy atom. The molecule has 1 N–H and O–H groups in total. The van der Waals surface area contributed by atoms with E-state index in [2.05, 4.69) is 4.90 Å². The minimum Gasteiger partial charge on any atom is -1.00 e. The molecule has 1 amide bonds. The van der Waals surface area contributed by atoms with Crippen LogP contribution in [-0.2, 0) is 11.2 Å². The number of amides is 1. The molecule has 0 aromatic heterocycles. The largest absolute Gasteiger partial charge is 1.00 e. The van der Waals surface area contributed by atoms with E-state index in [1.165, 1.54) is 38.8 Å². The maximum absolute atomic E-state index is 12.9. The van der Waals surface area contributed by atoms with Gasteiger partial charge in [-0.15, -0.1) is 0 Å². The molecule has 0 radical (unpaired) electrons. The topological polar surface area (TPSA) is 24.8 Å². The first-order valence-corrected chi connectivity index (χ1v) is 9.96. The number of carbonyl (C=O) groups excluding carboxylic acids is 1. The number of halogens is 3. The van der Waals surface area contributed by atoms with E-state index in [0.717, 1.165) is 31.5 Å². The zero-order valence-electron chi connectivity index (χ0n) is 14.6. The third-order valence-electron chi connectivity index (χ3n) is 5.37. The Morgan fingerprint density at radius 2 is 1.84 bits per heavy atom. The van der Waals surface area contributed by atoms with Crippen molar-refractivity contribution in [2.24, 2.45) is 0 Å². The standard InChI is InChI=1S/C19H26Cl2N2O.ClH/c20-17-8-7-15(12-18(17)21)13-19(24)23-11-5-2-6-16(23)14-22-9-3-1-4-10-22;/h7-8,12,16H,1-6,9-11,13-14H2;1H/t16-;/m0./s1. The first-order chi connectivity index (χ1) is 11.6. The molecule has 0 bridgehead atoms. The first kappa shape index (κ1) is 20.8. The van der Waals surface area contributed by atoms with E-state index in [1.54, 1.807) is 11.0 Å². The van der Waals surface area contributed by atoms with Gasteiger partial charge in [0.25, 0.3) is 0 Å². The molecule has 1 aromatic rings. The van der Waals surface area contributed by atoms with E-state index in [1.807, 2.05) is 12.1 Å². The fourth-order valence-corrected chi connectivity index (χ4v) is 4.38. The predicted molar refractivity (Wildman–Crippen MR) is 98.9 cm³/mol. The Morgan fingerprint density at radius 1 is 1.08 bits per heavy atom. The van der Waals surface area contributed by atoms with E-state index in [-0.39, 0.29) is 18.3 Å². The van der Waals surface area contributed by atoms with Crippen molar-refractivity contribution in [2.45, 2.75) is 51.0 Å². The molecule has 0 saturated carbocycles. The number of likely N-dealkylation sites (tertiary alicyclic amines) is 2. The summed E-state index contributed by atoms with van der Waals surface area (Å²) in [7, 11) is 0. The third kappa shape index (κ3) is 5.75. The van der Waals surface area contributed by atoms with Crippen molar-refractivity contribution >= 4 is 29.1 Å². The lowest BCUT2D eigenvalue weighted by Gasteiger charge is -2.38. The van der Waals surface area contributed by atoms with Gasteiger partial charge < -0.3 is 22.2 Å². The van der Waals surface area contributed by atoms with Crippen LogP contribution in [0.15, 0.2) is 18.2 Å². The number of carbonyl (C=O) groups is 1. The highest BCUT2D eigenvalue weighted by Gasteiger charge is 2.30. The fourth-order valence-electron chi connectivity index (χ4n) is 4.06. The van der Waals surface area contributed by atoms with Gasteiger partial charge in [-0.2, -0.15) is 0 Å². The van der Waals surface area contributed by atoms with Crippen LogP contribution in [0.25, 0.3) is 0 Å². The SMILES string of the molecule is O=C(Cc1ccc(Cl)c(Cl)c1)N1CCCC[C@H]1C[NH+]1CCCCC1.[Cl-]. The maximum Gasteiger partial charge on any atom is 0.227 e. The number of piperidine rings is 2. The van der Waals surface area contributed by atoms with Gasteiger partial charge in [-0.1, -0.05) is 29.3 Å². The molecule has 1 atom stereocenters. The van der Waals surface area contributed by atoms with E-state index in [4.69, 9.17) is 23.2 Å². The second-order valence-electron chi connectivity index (χ2n) is 7.18. The highest BCUT2D eigenvalue weighted by atomic mass is 35.5. The molecular weight excluding hydrogens is 379 g/mol. The van der Waals surface area contributed by atoms with Crippen molar-refractivity contribution < 1.29 is 22.1 Å². The summed E-state index contributed by atoms with van der Waals surface area (Å²) in [5.74, 6) is 0.231. The Bertz CT molecular complexity index is 576. The fraction of sp³-hybridized carbons (Fsp3) is 0.632. The van der Waals surface area contributed by atoms with Gasteiger partial charge in [-0.3, -0.25) is 4.79 Å². The van der Waals surface area contributed by atoms with Crippen molar-refractivity contribution in [1.82, 2.24) is 4.90 Å². The predicted octanol–water partition coefficient (Wildman–Crippen LogP) is -0.0102. The lowest BCUT2D eigenvalue weighted by Crippen LogP contribution is -3.14. The molecule has 1 aromatic carbocycles. The minimum atomic E-state index is 0. The number of rotatable bonds is 4. The summed E-state index contributed by atoms with van der Waals surface area (Å²) in [6, 6.07) is 5.90. The lowest BCUT2D eigenvalue weighted by atomic mass is 9.99. The summed E-state index contributed by atoms with van der Waals surface area (Å²) in [6.45, 7) is 4.56. The number of hydrogen-bond donors (Lipinski definition) is 1. The number of nitrogens with zero attached hydrogens (tertiary/aromatic N) is 1. The van der Waals surface area contributed by atoms with Gasteiger partial charge >= 0.3 is 0 Å². The highest BCUT2D eigenvalue weighted by molar-refractivity contribution is 6.42. The Hall–Kier alpha value is -0.480. The van der Waals surface area contributed by atoms with E-state index in [9.17, 15) is 4.79 Å². The number of nitrogens with one attached hydrogen (secondary N) is 1. The normalized spacial score (nSPS) is 21.7. The van der Waals surface area contributed by atoms with Gasteiger partial charge in [-0.05, 0) is 56.2 Å². The van der Waals surface area contributed by atoms with Gasteiger partial charge in [0.2, 0.25) is 5.91 Å². The maximum atomic E-state index is 12.9. The van der Waals surface area contributed by atoms with Crippen LogP contribution in [0.5, 0.6) is 0 Å². The zero-order chi connectivity index (χ0) is 16.9. The number of benzene rings is 1. The molecule has 2 fully saturated rings. The summed E-state index contributed by atoms with van der Waals surface area (Å²) in [6.07, 6.45) is 7.97. The van der Waals surface area contributed by atoms with Crippen LogP contribution in [0.1, 0.15) is 44.1 Å². The van der Waals surface area contributed by atoms with E-state index < -0.39 is 0 Å². The molecule has 140 valence electrons. The van der Waals surface area contributed by atoms with Crippen molar-refractivity contribution in [1.29, 1.82) is 0 Å². The van der Waals surface area contributed by atoms with Gasteiger partial charge in [0.1, 0.15) is 0 Å². The van der Waals surface area contributed by atoms with Crippen LogP contribution in [0.4, 0.5) is 0 Å². The molecule has 6 heteroatoms. The summed E-state index contributed by atoms with van der Waals surface area (Å²) >= 11 is 12.0. The molecule has 2 aliphatic rings. The second kappa shape index (κ2) is 10.0. The average molecular weight is 406 g/mol. The Labute approximate surface area is 167 Å². The van der Waals surface area contributed by atoms with Crippen molar-refractivity contribution in [3.8, 4) is 0 Å². The van der Waals surface area contributed by atoms with Gasteiger partial charge in [-0.25, -0.2) is 0 Å². The summed E-state index contributed by atoms with van der Waals surface area (Å²) in [5, 5.41) is 1.06. The van der Waals surface area contributed by atoms with Crippen molar-refractivity contribution in [2.75, 3.05) is 26.2 Å². The van der Waals surface area contributed by atoms with Crippen LogP contribution in [-0.4, -0.2) is 43.0 Å². The zero-order valence-corrected chi connectivity index (χ0v) is 16.8. The van der Waals surface area contributed by atoms with E-state index in [0.29, 0.717) is 22.5 Å². The molecule has 2 aliphatic heterocycles. The van der Waals surface area contributed by atoms with Crippen molar-refractivity contribution in [3.63, 3.8) is 0 Å². The molecule has 0 spiro atoms. The highest BCUT2D eigenvalue weighted by Crippen LogP contribution is 2.24. The molecule has 2 saturated heterocycles. The van der Waals surface area contributed by atoms with Crippen LogP contribution in [0.2, 0.25) is 10.0 Å². The third-order valence-corrected chi connectivity index (χ3v) is 6.11. The van der Waals surface area contributed by atoms with Crippen LogP contribution < -0.4 is 17.3 Å². The molecule has 0 unspecified atom stereocenters. The van der Waals surface area contributed by atoms with Gasteiger partial charge in [0.15, 0.2) is 0 Å². The molecule has 2 heterocycles. The summed E-state index contributed by atoms with van der Waals surface area (Å²) < 4.78 is 0. The van der Waals surface area contributed by atoms with Crippen molar-refractivity contribution in [3.05, 3.63) is 33.8 Å².